The van der Waals surface area contributed by atoms with Crippen LogP contribution in [0.2, 0.25) is 5.02 Å². The van der Waals surface area contributed by atoms with Crippen LogP contribution in [-0.2, 0) is 0 Å². The zero-order valence-electron chi connectivity index (χ0n) is 11.8. The van der Waals surface area contributed by atoms with Crippen molar-refractivity contribution in [2.24, 2.45) is 10.8 Å². The number of Topliss-reactive ketones (excluding diaryl/α,β-unsaturated/α-hetero) is 1. The van der Waals surface area contributed by atoms with Crippen molar-refractivity contribution in [3.8, 4) is 0 Å². The summed E-state index contributed by atoms with van der Waals surface area (Å²) in [6.07, 6.45) is 0. The predicted molar refractivity (Wildman–Crippen MR) is 86.2 cm³/mol. The topological polar surface area (TPSA) is 84.6 Å². The summed E-state index contributed by atoms with van der Waals surface area (Å²) in [7, 11) is 0. The number of halogens is 1. The van der Waals surface area contributed by atoms with Crippen LogP contribution < -0.4 is 11.2 Å². The Labute approximate surface area is 132 Å². The van der Waals surface area contributed by atoms with Gasteiger partial charge in [0, 0.05) is 16.1 Å². The molecule has 0 spiro atoms. The average Bonchev–Trinajstić information content (AvgIpc) is 2.49. The number of urea groups is 1. The van der Waals surface area contributed by atoms with Gasteiger partial charge in [-0.2, -0.15) is 5.10 Å². The van der Waals surface area contributed by atoms with E-state index in [1.807, 2.05) is 19.1 Å². The Morgan fingerprint density at radius 1 is 1.00 bits per heavy atom. The van der Waals surface area contributed by atoms with E-state index in [1.54, 1.807) is 36.4 Å². The number of nitrogens with two attached hydrogens (primary N) is 1. The molecule has 2 aromatic carbocycles. The number of nitrogens with one attached hydrogen (secondary N) is 1. The Bertz CT molecular complexity index is 722. The van der Waals surface area contributed by atoms with Crippen molar-refractivity contribution in [1.82, 2.24) is 5.43 Å². The number of hydrogen-bond acceptors (Lipinski definition) is 3. The van der Waals surface area contributed by atoms with Crippen molar-refractivity contribution >= 4 is 29.1 Å². The van der Waals surface area contributed by atoms with Crippen LogP contribution in [0, 0.1) is 6.92 Å². The third-order valence-corrected chi connectivity index (χ3v) is 3.18. The van der Waals surface area contributed by atoms with E-state index in [4.69, 9.17) is 17.3 Å². The van der Waals surface area contributed by atoms with Gasteiger partial charge in [-0.15, -0.1) is 0 Å². The number of carbonyl (C=O) groups is 2. The van der Waals surface area contributed by atoms with Gasteiger partial charge in [0.1, 0.15) is 5.71 Å². The highest BCUT2D eigenvalue weighted by Gasteiger charge is 2.17. The van der Waals surface area contributed by atoms with Crippen molar-refractivity contribution in [1.29, 1.82) is 0 Å². The quantitative estimate of drug-likeness (QED) is 0.516. The molecule has 2 amide bonds. The molecule has 6 heteroatoms. The number of rotatable bonds is 4. The van der Waals surface area contributed by atoms with Crippen LogP contribution in [0.25, 0.3) is 0 Å². The smallest absolute Gasteiger partial charge is 0.332 e. The normalized spacial score (nSPS) is 11.1. The van der Waals surface area contributed by atoms with Gasteiger partial charge in [-0.05, 0) is 19.1 Å². The van der Waals surface area contributed by atoms with Crippen LogP contribution in [0.4, 0.5) is 4.79 Å². The Morgan fingerprint density at radius 2 is 1.55 bits per heavy atom. The number of hydrogen-bond donors (Lipinski definition) is 2. The molecule has 0 saturated carbocycles. The van der Waals surface area contributed by atoms with Gasteiger partial charge in [0.2, 0.25) is 5.78 Å². The Morgan fingerprint density at radius 3 is 2.09 bits per heavy atom. The lowest BCUT2D eigenvalue weighted by molar-refractivity contribution is 0.106. The molecule has 0 atom stereocenters. The van der Waals surface area contributed by atoms with E-state index in [1.165, 1.54) is 0 Å². The van der Waals surface area contributed by atoms with Crippen LogP contribution in [0.5, 0.6) is 0 Å². The molecule has 0 aromatic heterocycles. The molecule has 0 heterocycles. The van der Waals surface area contributed by atoms with Crippen LogP contribution in [-0.4, -0.2) is 17.5 Å². The van der Waals surface area contributed by atoms with Crippen LogP contribution >= 0.6 is 11.6 Å². The monoisotopic (exact) mass is 315 g/mol. The minimum Gasteiger partial charge on any atom is -0.350 e. The summed E-state index contributed by atoms with van der Waals surface area (Å²) >= 11 is 5.84. The van der Waals surface area contributed by atoms with Crippen molar-refractivity contribution in [2.45, 2.75) is 6.92 Å². The first-order valence-electron chi connectivity index (χ1n) is 6.48. The van der Waals surface area contributed by atoms with Gasteiger partial charge in [0.15, 0.2) is 0 Å². The van der Waals surface area contributed by atoms with Gasteiger partial charge < -0.3 is 5.73 Å². The second kappa shape index (κ2) is 6.87. The first-order valence-corrected chi connectivity index (χ1v) is 6.85. The first kappa shape index (κ1) is 15.7. The zero-order valence-corrected chi connectivity index (χ0v) is 12.6. The van der Waals surface area contributed by atoms with Gasteiger partial charge in [-0.25, -0.2) is 10.2 Å². The van der Waals surface area contributed by atoms with Gasteiger partial charge in [0.05, 0.1) is 0 Å². The number of primary amides is 1. The van der Waals surface area contributed by atoms with E-state index in [0.29, 0.717) is 16.1 Å². The fraction of sp³-hybridized carbons (Fsp3) is 0.0625. The molecular weight excluding hydrogens is 302 g/mol. The number of hydrazone groups is 1. The molecule has 0 aliphatic heterocycles. The third-order valence-electron chi connectivity index (χ3n) is 2.92. The summed E-state index contributed by atoms with van der Waals surface area (Å²) in [4.78, 5) is 23.5. The van der Waals surface area contributed by atoms with E-state index in [2.05, 4.69) is 10.5 Å². The number of carbonyl (C=O) groups excluding carboxylic acids is 2. The second-order valence-electron chi connectivity index (χ2n) is 4.64. The summed E-state index contributed by atoms with van der Waals surface area (Å²) < 4.78 is 0. The molecule has 5 nitrogen and oxygen atoms in total. The lowest BCUT2D eigenvalue weighted by Gasteiger charge is -2.07. The van der Waals surface area contributed by atoms with E-state index >= 15 is 0 Å². The molecule has 0 aliphatic carbocycles. The molecular formula is C16H14ClN3O2. The number of ketones is 1. The molecule has 0 fully saturated rings. The van der Waals surface area contributed by atoms with Gasteiger partial charge in [0.25, 0.3) is 0 Å². The largest absolute Gasteiger partial charge is 0.350 e. The summed E-state index contributed by atoms with van der Waals surface area (Å²) in [5.74, 6) is -0.323. The summed E-state index contributed by atoms with van der Waals surface area (Å²) in [5.41, 5.74) is 9.22. The molecule has 2 aromatic rings. The van der Waals surface area contributed by atoms with Crippen LogP contribution in [0.1, 0.15) is 21.5 Å². The highest BCUT2D eigenvalue weighted by atomic mass is 35.5. The maximum atomic E-state index is 12.6. The SMILES string of the molecule is Cc1ccc(C(=O)/C(=N\NC(N)=O)c2ccc(Cl)cc2)cc1. The molecule has 22 heavy (non-hydrogen) atoms. The Kier molecular flexibility index (Phi) is 4.91. The average molecular weight is 316 g/mol. The van der Waals surface area contributed by atoms with Gasteiger partial charge in [-0.1, -0.05) is 53.6 Å². The number of nitrogens with zero attached hydrogens (tertiary/aromatic N) is 1. The van der Waals surface area contributed by atoms with Crippen molar-refractivity contribution in [3.05, 3.63) is 70.2 Å². The van der Waals surface area contributed by atoms with Crippen LogP contribution in [0.3, 0.4) is 0 Å². The third kappa shape index (κ3) is 3.93. The molecule has 112 valence electrons. The fourth-order valence-corrected chi connectivity index (χ4v) is 1.93. The van der Waals surface area contributed by atoms with Crippen molar-refractivity contribution in [2.75, 3.05) is 0 Å². The minimum absolute atomic E-state index is 0.0827. The predicted octanol–water partition coefficient (Wildman–Crippen LogP) is 2.90. The maximum Gasteiger partial charge on any atom is 0.332 e. The molecule has 0 radical (unpaired) electrons. The fourth-order valence-electron chi connectivity index (χ4n) is 1.81. The van der Waals surface area contributed by atoms with Crippen molar-refractivity contribution in [3.63, 3.8) is 0 Å². The highest BCUT2D eigenvalue weighted by Crippen LogP contribution is 2.14. The van der Waals surface area contributed by atoms with Crippen LogP contribution in [0.15, 0.2) is 53.6 Å². The number of benzene rings is 2. The standard InChI is InChI=1S/C16H14ClN3O2/c1-10-2-4-12(5-3-10)15(21)14(19-20-16(18)22)11-6-8-13(17)9-7-11/h2-9H,1H3,(H3,18,20,22)/b19-14-. The Hall–Kier alpha value is -2.66. The van der Waals surface area contributed by atoms with E-state index in [0.717, 1.165) is 5.56 Å². The Balaban J connectivity index is 2.41. The number of aryl methyl sites for hydroxylation is 1. The van der Waals surface area contributed by atoms with Crippen molar-refractivity contribution < 1.29 is 9.59 Å². The van der Waals surface area contributed by atoms with E-state index in [-0.39, 0.29) is 11.5 Å². The highest BCUT2D eigenvalue weighted by molar-refractivity contribution is 6.51. The summed E-state index contributed by atoms with van der Waals surface area (Å²) in [6, 6.07) is 12.8. The number of amides is 2. The molecule has 0 saturated heterocycles. The molecule has 0 unspecified atom stereocenters. The molecule has 3 N–H and O–H groups in total. The van der Waals surface area contributed by atoms with Gasteiger partial charge >= 0.3 is 6.03 Å². The second-order valence-corrected chi connectivity index (χ2v) is 5.07. The zero-order chi connectivity index (χ0) is 16.1. The molecule has 0 bridgehead atoms. The van der Waals surface area contributed by atoms with Gasteiger partial charge in [-0.3, -0.25) is 4.79 Å². The first-order chi connectivity index (χ1) is 10.5. The van der Waals surface area contributed by atoms with E-state index in [9.17, 15) is 9.59 Å². The maximum absolute atomic E-state index is 12.6. The molecule has 2 rings (SSSR count). The molecule has 0 aliphatic rings. The summed E-state index contributed by atoms with van der Waals surface area (Å²) in [5, 5.41) is 4.36. The minimum atomic E-state index is -0.844. The lowest BCUT2D eigenvalue weighted by Crippen LogP contribution is -2.28. The lowest BCUT2D eigenvalue weighted by atomic mass is 10.00. The van der Waals surface area contributed by atoms with E-state index < -0.39 is 6.03 Å². The summed E-state index contributed by atoms with van der Waals surface area (Å²) in [6.45, 7) is 1.93.